The zero-order valence-electron chi connectivity index (χ0n) is 14.4. The molecule has 0 aliphatic carbocycles. The highest BCUT2D eigenvalue weighted by atomic mass is 32.2. The maximum absolute atomic E-state index is 12.0. The van der Waals surface area contributed by atoms with Crippen LogP contribution in [0.2, 0.25) is 0 Å². The van der Waals surface area contributed by atoms with Crippen LogP contribution >= 0.6 is 11.8 Å². The van der Waals surface area contributed by atoms with Gasteiger partial charge in [0.05, 0.1) is 30.7 Å². The van der Waals surface area contributed by atoms with Crippen molar-refractivity contribution in [3.63, 3.8) is 0 Å². The van der Waals surface area contributed by atoms with E-state index in [-0.39, 0.29) is 18.1 Å². The van der Waals surface area contributed by atoms with E-state index in [1.807, 2.05) is 13.8 Å². The van der Waals surface area contributed by atoms with Crippen LogP contribution in [0.4, 0.5) is 0 Å². The summed E-state index contributed by atoms with van der Waals surface area (Å²) in [6.07, 6.45) is 2.48. The van der Waals surface area contributed by atoms with Crippen molar-refractivity contribution in [3.05, 3.63) is 11.4 Å². The molecule has 1 aliphatic heterocycles. The van der Waals surface area contributed by atoms with E-state index >= 15 is 0 Å². The number of aryl methyl sites for hydroxylation is 1. The first kappa shape index (κ1) is 18.3. The highest BCUT2D eigenvalue weighted by Crippen LogP contribution is 2.24. The van der Waals surface area contributed by atoms with Crippen molar-refractivity contribution >= 4 is 17.7 Å². The van der Waals surface area contributed by atoms with Crippen LogP contribution < -0.4 is 5.32 Å². The topological polar surface area (TPSA) is 65.4 Å². The summed E-state index contributed by atoms with van der Waals surface area (Å²) in [6, 6.07) is 0.0169. The number of aromatic nitrogens is 2. The largest absolute Gasteiger partial charge is 0.383 e. The van der Waals surface area contributed by atoms with Gasteiger partial charge in [-0.2, -0.15) is 0 Å². The quantitative estimate of drug-likeness (QED) is 0.732. The first-order chi connectivity index (χ1) is 11.0. The second kappa shape index (κ2) is 8.70. The monoisotopic (exact) mass is 341 g/mol. The average Bonchev–Trinajstić information content (AvgIpc) is 3.09. The molecule has 1 aliphatic rings. The van der Waals surface area contributed by atoms with Crippen LogP contribution in [-0.2, 0) is 20.8 Å². The van der Waals surface area contributed by atoms with E-state index in [9.17, 15) is 4.79 Å². The summed E-state index contributed by atoms with van der Waals surface area (Å²) in [4.78, 5) is 16.6. The zero-order chi connectivity index (χ0) is 16.8. The number of ether oxygens (including phenoxy) is 2. The van der Waals surface area contributed by atoms with Gasteiger partial charge in [0.1, 0.15) is 0 Å². The van der Waals surface area contributed by atoms with Gasteiger partial charge in [0.15, 0.2) is 5.16 Å². The lowest BCUT2D eigenvalue weighted by molar-refractivity contribution is -0.119. The molecule has 0 bridgehead atoms. The minimum atomic E-state index is 0.00141. The lowest BCUT2D eigenvalue weighted by Gasteiger charge is -2.15. The standard InChI is InChI=1S/C16H27N3O3S/c1-11(9-21-4)17-15(20)10-23-16-18-12(2)13(3)19(16)8-14-6-5-7-22-14/h11,14H,5-10H2,1-4H3,(H,17,20)/t11-,14+/m0/s1. The van der Waals surface area contributed by atoms with Crippen molar-refractivity contribution in [1.29, 1.82) is 0 Å². The molecule has 1 N–H and O–H groups in total. The first-order valence-corrected chi connectivity index (χ1v) is 9.06. The van der Waals surface area contributed by atoms with Gasteiger partial charge in [-0.25, -0.2) is 4.98 Å². The number of hydrogen-bond acceptors (Lipinski definition) is 5. The van der Waals surface area contributed by atoms with Gasteiger partial charge in [0.25, 0.3) is 0 Å². The number of nitrogens with zero attached hydrogens (tertiary/aromatic N) is 2. The lowest BCUT2D eigenvalue weighted by atomic mass is 10.2. The molecule has 1 aromatic heterocycles. The van der Waals surface area contributed by atoms with Crippen molar-refractivity contribution in [2.24, 2.45) is 0 Å². The summed E-state index contributed by atoms with van der Waals surface area (Å²) >= 11 is 1.48. The number of thioether (sulfide) groups is 1. The van der Waals surface area contributed by atoms with E-state index in [1.165, 1.54) is 11.8 Å². The maximum Gasteiger partial charge on any atom is 0.230 e. The molecule has 2 atom stereocenters. The Morgan fingerprint density at radius 1 is 1.57 bits per heavy atom. The summed E-state index contributed by atoms with van der Waals surface area (Å²) in [5, 5.41) is 3.81. The molecular formula is C16H27N3O3S. The zero-order valence-corrected chi connectivity index (χ0v) is 15.2. The Hall–Kier alpha value is -1.05. The Balaban J connectivity index is 1.93. The fourth-order valence-corrected chi connectivity index (χ4v) is 3.59. The Labute approximate surface area is 142 Å². The van der Waals surface area contributed by atoms with Gasteiger partial charge >= 0.3 is 0 Å². The number of amides is 1. The first-order valence-electron chi connectivity index (χ1n) is 8.07. The molecule has 0 radical (unpaired) electrons. The lowest BCUT2D eigenvalue weighted by Crippen LogP contribution is -2.36. The van der Waals surface area contributed by atoms with Crippen molar-refractivity contribution in [3.8, 4) is 0 Å². The molecule has 0 aromatic carbocycles. The van der Waals surface area contributed by atoms with Gasteiger partial charge in [-0.15, -0.1) is 0 Å². The fourth-order valence-electron chi connectivity index (χ4n) is 2.68. The molecule has 0 spiro atoms. The van der Waals surface area contributed by atoms with Crippen molar-refractivity contribution in [2.75, 3.05) is 26.1 Å². The fraction of sp³-hybridized carbons (Fsp3) is 0.750. The number of nitrogens with one attached hydrogen (secondary N) is 1. The van der Waals surface area contributed by atoms with E-state index in [1.54, 1.807) is 7.11 Å². The molecule has 0 unspecified atom stereocenters. The van der Waals surface area contributed by atoms with Gasteiger partial charge in [-0.3, -0.25) is 4.79 Å². The van der Waals surface area contributed by atoms with E-state index in [2.05, 4.69) is 21.8 Å². The molecule has 1 amide bonds. The smallest absolute Gasteiger partial charge is 0.230 e. The minimum absolute atomic E-state index is 0.00141. The van der Waals surface area contributed by atoms with E-state index < -0.39 is 0 Å². The Kier molecular flexibility index (Phi) is 6.92. The van der Waals surface area contributed by atoms with Crippen LogP contribution in [0.3, 0.4) is 0 Å². The van der Waals surface area contributed by atoms with Gasteiger partial charge in [0, 0.05) is 25.5 Å². The van der Waals surface area contributed by atoms with Crippen molar-refractivity contribution < 1.29 is 14.3 Å². The molecule has 1 saturated heterocycles. The predicted octanol–water partition coefficient (Wildman–Crippen LogP) is 1.92. The second-order valence-corrected chi connectivity index (χ2v) is 6.97. The Morgan fingerprint density at radius 2 is 2.35 bits per heavy atom. The summed E-state index contributed by atoms with van der Waals surface area (Å²) in [5.41, 5.74) is 2.16. The van der Waals surface area contributed by atoms with E-state index in [0.29, 0.717) is 12.4 Å². The van der Waals surface area contributed by atoms with Crippen LogP contribution in [0.5, 0.6) is 0 Å². The molecule has 2 heterocycles. The van der Waals surface area contributed by atoms with Crippen LogP contribution in [0.1, 0.15) is 31.2 Å². The Bertz CT molecular complexity index is 527. The molecule has 2 rings (SSSR count). The number of rotatable bonds is 8. The van der Waals surface area contributed by atoms with Crippen LogP contribution in [0, 0.1) is 13.8 Å². The molecule has 6 nitrogen and oxygen atoms in total. The summed E-state index contributed by atoms with van der Waals surface area (Å²) in [5.74, 6) is 0.358. The highest BCUT2D eigenvalue weighted by molar-refractivity contribution is 7.99. The average molecular weight is 341 g/mol. The molecule has 130 valence electrons. The van der Waals surface area contributed by atoms with Gasteiger partial charge < -0.3 is 19.4 Å². The van der Waals surface area contributed by atoms with Gasteiger partial charge in [0.2, 0.25) is 5.91 Å². The summed E-state index contributed by atoms with van der Waals surface area (Å²) in [6.45, 7) is 8.19. The summed E-state index contributed by atoms with van der Waals surface area (Å²) in [7, 11) is 1.63. The number of carbonyl (C=O) groups is 1. The summed E-state index contributed by atoms with van der Waals surface area (Å²) < 4.78 is 12.9. The molecule has 1 aromatic rings. The number of methoxy groups -OCH3 is 1. The molecule has 23 heavy (non-hydrogen) atoms. The molecule has 0 saturated carbocycles. The molecule has 1 fully saturated rings. The Morgan fingerprint density at radius 3 is 3.00 bits per heavy atom. The number of imidazole rings is 1. The number of carbonyl (C=O) groups excluding carboxylic acids is 1. The van der Waals surface area contributed by atoms with E-state index in [0.717, 1.165) is 42.5 Å². The predicted molar refractivity (Wildman–Crippen MR) is 90.9 cm³/mol. The van der Waals surface area contributed by atoms with Crippen molar-refractivity contribution in [2.45, 2.75) is 57.5 Å². The van der Waals surface area contributed by atoms with Crippen LogP contribution in [-0.4, -0.2) is 53.7 Å². The second-order valence-electron chi connectivity index (χ2n) is 6.02. The van der Waals surface area contributed by atoms with Gasteiger partial charge in [-0.1, -0.05) is 11.8 Å². The highest BCUT2D eigenvalue weighted by Gasteiger charge is 2.20. The van der Waals surface area contributed by atoms with Gasteiger partial charge in [-0.05, 0) is 33.6 Å². The molecule has 7 heteroatoms. The van der Waals surface area contributed by atoms with E-state index in [4.69, 9.17) is 9.47 Å². The van der Waals surface area contributed by atoms with Crippen molar-refractivity contribution in [1.82, 2.24) is 14.9 Å². The van der Waals surface area contributed by atoms with Crippen LogP contribution in [0.25, 0.3) is 0 Å². The third kappa shape index (κ3) is 5.22. The number of hydrogen-bond donors (Lipinski definition) is 1. The molecular weight excluding hydrogens is 314 g/mol. The minimum Gasteiger partial charge on any atom is -0.383 e. The van der Waals surface area contributed by atoms with Crippen LogP contribution in [0.15, 0.2) is 5.16 Å². The third-order valence-electron chi connectivity index (χ3n) is 3.99. The SMILES string of the molecule is COC[C@H](C)NC(=O)CSc1nc(C)c(C)n1C[C@H]1CCCO1. The maximum atomic E-state index is 12.0. The third-order valence-corrected chi connectivity index (χ3v) is 4.97. The normalized spacial score (nSPS) is 19.0.